The molecular weight excluding hydrogens is 682 g/mol. The van der Waals surface area contributed by atoms with Crippen molar-refractivity contribution in [1.82, 2.24) is 20.7 Å². The normalized spacial score (nSPS) is 16.3. The minimum absolute atomic E-state index is 0.120. The fraction of sp³-hybridized carbons (Fsp3) is 0.406. The van der Waals surface area contributed by atoms with Gasteiger partial charge in [-0.15, -0.1) is 0 Å². The Hall–Kier alpha value is -4.97. The number of aromatic nitrogens is 1. The highest BCUT2D eigenvalue weighted by molar-refractivity contribution is 5.95. The van der Waals surface area contributed by atoms with Gasteiger partial charge in [-0.3, -0.25) is 24.7 Å². The molecule has 1 aliphatic heterocycles. The number of pyridine rings is 1. The number of para-hydroxylation sites is 1. The Morgan fingerprint density at radius 1 is 0.920 bits per heavy atom. The lowest BCUT2D eigenvalue weighted by atomic mass is 10.00. The van der Waals surface area contributed by atoms with Gasteiger partial charge in [0.05, 0.1) is 17.5 Å². The van der Waals surface area contributed by atoms with E-state index in [0.29, 0.717) is 31.0 Å². The summed E-state index contributed by atoms with van der Waals surface area (Å²) in [6.07, 6.45) is -9.27. The van der Waals surface area contributed by atoms with E-state index < -0.39 is 42.2 Å². The van der Waals surface area contributed by atoms with Gasteiger partial charge >= 0.3 is 24.3 Å². The summed E-state index contributed by atoms with van der Waals surface area (Å²) in [5.41, 5.74) is 5.02. The third kappa shape index (κ3) is 11.9. The number of nitrogens with zero attached hydrogens (tertiary/aromatic N) is 2. The maximum absolute atomic E-state index is 13.0. The molecular formula is C32H36F6N4O8. The molecule has 0 saturated carbocycles. The van der Waals surface area contributed by atoms with Gasteiger partial charge in [0.1, 0.15) is 12.4 Å². The number of alkyl halides is 6. The van der Waals surface area contributed by atoms with Gasteiger partial charge in [0, 0.05) is 40.8 Å². The van der Waals surface area contributed by atoms with Crippen LogP contribution in [0.3, 0.4) is 0 Å². The Morgan fingerprint density at radius 2 is 1.46 bits per heavy atom. The lowest BCUT2D eigenvalue weighted by Crippen LogP contribution is -2.46. The Bertz CT molecular complexity index is 1620. The number of rotatable bonds is 8. The van der Waals surface area contributed by atoms with Gasteiger partial charge in [-0.2, -0.15) is 26.3 Å². The van der Waals surface area contributed by atoms with E-state index in [1.165, 1.54) is 0 Å². The van der Waals surface area contributed by atoms with Crippen LogP contribution >= 0.6 is 0 Å². The standard InChI is InChI=1S/C28H34N4O4.2C2HF3O2/c1-5-28(3,4)32-15-23(27(34)31-35)25(16-32)30-26(33)19-10-12-21(13-11-19)36-17-20-14-18(2)29-24-9-7-6-8-22(20)24;2*3-2(4,5)1(6)7/h6-14,23,25,35H,5,15-17H2,1-4H3,(H,30,33)(H,31,34);2*(H,6,7)/t23-,25+;;/m0../s1. The van der Waals surface area contributed by atoms with E-state index in [-0.39, 0.29) is 11.4 Å². The molecule has 12 nitrogen and oxygen atoms in total. The number of carboxylic acid groups (broad SMARTS) is 2. The van der Waals surface area contributed by atoms with Crippen molar-refractivity contribution in [3.8, 4) is 5.75 Å². The van der Waals surface area contributed by atoms with E-state index in [9.17, 15) is 41.1 Å². The maximum Gasteiger partial charge on any atom is 0.490 e. The Kier molecular flexibility index (Phi) is 14.1. The Balaban J connectivity index is 0.000000521. The first kappa shape index (κ1) is 41.2. The van der Waals surface area contributed by atoms with Crippen molar-refractivity contribution in [2.24, 2.45) is 5.92 Å². The largest absolute Gasteiger partial charge is 0.490 e. The molecule has 2 amide bonds. The molecule has 0 aliphatic carbocycles. The number of carbonyl (C=O) groups excluding carboxylic acids is 2. The van der Waals surface area contributed by atoms with Gasteiger partial charge in [0.25, 0.3) is 5.91 Å². The molecule has 18 heteroatoms. The van der Waals surface area contributed by atoms with Crippen LogP contribution in [0.25, 0.3) is 10.9 Å². The summed E-state index contributed by atoms with van der Waals surface area (Å²) in [6, 6.07) is 16.5. The lowest BCUT2D eigenvalue weighted by molar-refractivity contribution is -0.193. The third-order valence-corrected chi connectivity index (χ3v) is 7.73. The van der Waals surface area contributed by atoms with E-state index in [2.05, 4.69) is 36.0 Å². The van der Waals surface area contributed by atoms with Gasteiger partial charge in [0.15, 0.2) is 0 Å². The minimum Gasteiger partial charge on any atom is -0.489 e. The summed E-state index contributed by atoms with van der Waals surface area (Å²) in [7, 11) is 0. The molecule has 274 valence electrons. The molecule has 0 radical (unpaired) electrons. The van der Waals surface area contributed by atoms with E-state index >= 15 is 0 Å². The van der Waals surface area contributed by atoms with Crippen LogP contribution in [0.5, 0.6) is 5.75 Å². The highest BCUT2D eigenvalue weighted by Crippen LogP contribution is 2.28. The van der Waals surface area contributed by atoms with Gasteiger partial charge in [0.2, 0.25) is 5.91 Å². The number of hydroxylamine groups is 1. The van der Waals surface area contributed by atoms with Crippen LogP contribution in [0, 0.1) is 12.8 Å². The van der Waals surface area contributed by atoms with Crippen molar-refractivity contribution >= 4 is 34.7 Å². The second-order valence-corrected chi connectivity index (χ2v) is 11.6. The first-order chi connectivity index (χ1) is 23.1. The number of hydrogen-bond donors (Lipinski definition) is 5. The molecule has 1 saturated heterocycles. The number of likely N-dealkylation sites (tertiary alicyclic amines) is 1. The molecule has 1 aliphatic rings. The van der Waals surface area contributed by atoms with E-state index in [4.69, 9.17) is 24.5 Å². The molecule has 2 aromatic carbocycles. The van der Waals surface area contributed by atoms with Gasteiger partial charge < -0.3 is 20.3 Å². The van der Waals surface area contributed by atoms with Crippen molar-refractivity contribution < 1.29 is 65.7 Å². The molecule has 2 heterocycles. The molecule has 4 rings (SSSR count). The highest BCUT2D eigenvalue weighted by Gasteiger charge is 2.43. The quantitative estimate of drug-likeness (QED) is 0.119. The van der Waals surface area contributed by atoms with Crippen LogP contribution in [0.15, 0.2) is 54.6 Å². The van der Waals surface area contributed by atoms with Crippen LogP contribution in [-0.2, 0) is 21.0 Å². The number of fused-ring (bicyclic) bond motifs is 1. The summed E-state index contributed by atoms with van der Waals surface area (Å²) in [4.78, 5) is 49.8. The second-order valence-electron chi connectivity index (χ2n) is 11.6. The second kappa shape index (κ2) is 17.1. The summed E-state index contributed by atoms with van der Waals surface area (Å²) in [6.45, 7) is 9.66. The maximum atomic E-state index is 13.0. The van der Waals surface area contributed by atoms with E-state index in [0.717, 1.165) is 28.6 Å². The van der Waals surface area contributed by atoms with Gasteiger partial charge in [-0.25, -0.2) is 15.1 Å². The van der Waals surface area contributed by atoms with Crippen molar-refractivity contribution in [1.29, 1.82) is 0 Å². The lowest BCUT2D eigenvalue weighted by Gasteiger charge is -2.34. The van der Waals surface area contributed by atoms with E-state index in [1.807, 2.05) is 37.3 Å². The fourth-order valence-corrected chi connectivity index (χ4v) is 4.65. The Morgan fingerprint density at radius 3 is 1.96 bits per heavy atom. The fourth-order valence-electron chi connectivity index (χ4n) is 4.65. The van der Waals surface area contributed by atoms with Gasteiger partial charge in [-0.05, 0) is 63.6 Å². The average molecular weight is 719 g/mol. The predicted molar refractivity (Wildman–Crippen MR) is 165 cm³/mol. The zero-order valence-corrected chi connectivity index (χ0v) is 27.2. The predicted octanol–water partition coefficient (Wildman–Crippen LogP) is 5.11. The highest BCUT2D eigenvalue weighted by atomic mass is 19.4. The number of ether oxygens (including phenoxy) is 1. The number of aliphatic carboxylic acids is 2. The van der Waals surface area contributed by atoms with Crippen LogP contribution in [-0.4, -0.2) is 86.1 Å². The number of carbonyl (C=O) groups is 4. The zero-order chi connectivity index (χ0) is 38.0. The number of carboxylic acids is 2. The number of nitrogens with one attached hydrogen (secondary N) is 2. The number of halogens is 6. The number of hydrogen-bond acceptors (Lipinski definition) is 8. The Labute approximate surface area is 282 Å². The minimum atomic E-state index is -5.08. The van der Waals surface area contributed by atoms with Crippen molar-refractivity contribution in [2.45, 2.75) is 64.7 Å². The number of benzene rings is 2. The molecule has 1 fully saturated rings. The molecule has 1 aromatic heterocycles. The van der Waals surface area contributed by atoms with Crippen LogP contribution in [0.4, 0.5) is 26.3 Å². The van der Waals surface area contributed by atoms with Crippen molar-refractivity contribution in [3.63, 3.8) is 0 Å². The molecule has 5 N–H and O–H groups in total. The molecule has 3 aromatic rings. The molecule has 2 atom stereocenters. The van der Waals surface area contributed by atoms with Crippen molar-refractivity contribution in [3.05, 3.63) is 71.4 Å². The summed E-state index contributed by atoms with van der Waals surface area (Å²) < 4.78 is 69.5. The number of aryl methyl sites for hydroxylation is 1. The van der Waals surface area contributed by atoms with Crippen LogP contribution in [0.1, 0.15) is 48.8 Å². The molecule has 50 heavy (non-hydrogen) atoms. The third-order valence-electron chi connectivity index (χ3n) is 7.73. The summed E-state index contributed by atoms with van der Waals surface area (Å²) in [5, 5.41) is 27.5. The monoisotopic (exact) mass is 718 g/mol. The topological polar surface area (TPSA) is 178 Å². The smallest absolute Gasteiger partial charge is 0.489 e. The van der Waals surface area contributed by atoms with E-state index in [1.54, 1.807) is 29.7 Å². The first-order valence-electron chi connectivity index (χ1n) is 14.8. The number of amides is 2. The van der Waals surface area contributed by atoms with Crippen LogP contribution in [0.2, 0.25) is 0 Å². The summed E-state index contributed by atoms with van der Waals surface area (Å²) >= 11 is 0. The van der Waals surface area contributed by atoms with Crippen LogP contribution < -0.4 is 15.5 Å². The molecule has 0 unspecified atom stereocenters. The first-order valence-corrected chi connectivity index (χ1v) is 14.8. The summed E-state index contributed by atoms with van der Waals surface area (Å²) in [5.74, 6) is -6.16. The van der Waals surface area contributed by atoms with Gasteiger partial charge in [-0.1, -0.05) is 25.1 Å². The average Bonchev–Trinajstić information content (AvgIpc) is 3.47. The van der Waals surface area contributed by atoms with Crippen molar-refractivity contribution in [2.75, 3.05) is 13.1 Å². The SMILES string of the molecule is CCC(C)(C)N1C[C@H](C(=O)NO)[C@H](NC(=O)c2ccc(OCc3cc(C)nc4ccccc34)cc2)C1.O=C(O)C(F)(F)F.O=C(O)C(F)(F)F. The molecule has 0 bridgehead atoms. The zero-order valence-electron chi connectivity index (χ0n) is 27.2. The molecule has 0 spiro atoms.